The van der Waals surface area contributed by atoms with Crippen LogP contribution >= 0.6 is 11.8 Å². The molecule has 0 radical (unpaired) electrons. The lowest BCUT2D eigenvalue weighted by atomic mass is 10.1. The van der Waals surface area contributed by atoms with E-state index < -0.39 is 5.97 Å². The molecule has 0 atom stereocenters. The molecular formula is C18H15NO3S. The van der Waals surface area contributed by atoms with Gasteiger partial charge in [0.2, 0.25) is 0 Å². The van der Waals surface area contributed by atoms with Crippen LogP contribution in [0.3, 0.4) is 0 Å². The SMILES string of the molecule is COC(=O)c1ncc2cc(Sc3ccccc3)ccc2c1CO. The second-order valence-electron chi connectivity index (χ2n) is 4.90. The van der Waals surface area contributed by atoms with Crippen LogP contribution in [0, 0.1) is 0 Å². The molecule has 2 aromatic carbocycles. The highest BCUT2D eigenvalue weighted by Crippen LogP contribution is 2.31. The lowest BCUT2D eigenvalue weighted by Crippen LogP contribution is -2.09. The minimum Gasteiger partial charge on any atom is -0.464 e. The smallest absolute Gasteiger partial charge is 0.357 e. The molecule has 0 aliphatic heterocycles. The van der Waals surface area contributed by atoms with Gasteiger partial charge in [-0.15, -0.1) is 0 Å². The zero-order chi connectivity index (χ0) is 16.2. The molecule has 0 unspecified atom stereocenters. The first-order valence-electron chi connectivity index (χ1n) is 7.06. The summed E-state index contributed by atoms with van der Waals surface area (Å²) < 4.78 is 4.71. The van der Waals surface area contributed by atoms with Gasteiger partial charge in [0.15, 0.2) is 5.69 Å². The second kappa shape index (κ2) is 6.81. The molecule has 23 heavy (non-hydrogen) atoms. The molecule has 1 heterocycles. The van der Waals surface area contributed by atoms with E-state index >= 15 is 0 Å². The van der Waals surface area contributed by atoms with Gasteiger partial charge in [-0.25, -0.2) is 9.78 Å². The molecule has 1 N–H and O–H groups in total. The van der Waals surface area contributed by atoms with Gasteiger partial charge in [0.25, 0.3) is 0 Å². The topological polar surface area (TPSA) is 59.4 Å². The minimum absolute atomic E-state index is 0.158. The third kappa shape index (κ3) is 3.21. The summed E-state index contributed by atoms with van der Waals surface area (Å²) in [7, 11) is 1.30. The van der Waals surface area contributed by atoms with Crippen molar-refractivity contribution in [3.63, 3.8) is 0 Å². The Hall–Kier alpha value is -2.37. The molecule has 3 aromatic rings. The summed E-state index contributed by atoms with van der Waals surface area (Å²) in [5.74, 6) is -0.543. The van der Waals surface area contributed by atoms with Crippen LogP contribution in [0.25, 0.3) is 10.8 Å². The molecule has 0 bridgehead atoms. The number of nitrogens with zero attached hydrogens (tertiary/aromatic N) is 1. The first-order valence-corrected chi connectivity index (χ1v) is 7.88. The zero-order valence-electron chi connectivity index (χ0n) is 12.5. The summed E-state index contributed by atoms with van der Waals surface area (Å²) in [5, 5.41) is 11.3. The maximum absolute atomic E-state index is 11.7. The Kier molecular flexibility index (Phi) is 4.60. The Labute approximate surface area is 138 Å². The Bertz CT molecular complexity index is 850. The van der Waals surface area contributed by atoms with E-state index in [9.17, 15) is 9.90 Å². The third-order valence-corrected chi connectivity index (χ3v) is 4.48. The van der Waals surface area contributed by atoms with Crippen molar-refractivity contribution >= 4 is 28.5 Å². The van der Waals surface area contributed by atoms with Crippen molar-refractivity contribution in [2.75, 3.05) is 7.11 Å². The van der Waals surface area contributed by atoms with Crippen LogP contribution in [0.4, 0.5) is 0 Å². The summed E-state index contributed by atoms with van der Waals surface area (Å²) in [6, 6.07) is 15.9. The molecule has 5 heteroatoms. The van der Waals surface area contributed by atoms with Crippen LogP contribution in [0.5, 0.6) is 0 Å². The number of ether oxygens (including phenoxy) is 1. The van der Waals surface area contributed by atoms with E-state index in [1.165, 1.54) is 7.11 Å². The van der Waals surface area contributed by atoms with Crippen molar-refractivity contribution in [3.8, 4) is 0 Å². The van der Waals surface area contributed by atoms with E-state index in [1.807, 2.05) is 48.5 Å². The lowest BCUT2D eigenvalue weighted by molar-refractivity contribution is 0.0590. The van der Waals surface area contributed by atoms with Gasteiger partial charge in [-0.2, -0.15) is 0 Å². The number of fused-ring (bicyclic) bond motifs is 1. The average molecular weight is 325 g/mol. The van der Waals surface area contributed by atoms with Gasteiger partial charge >= 0.3 is 5.97 Å². The monoisotopic (exact) mass is 325 g/mol. The van der Waals surface area contributed by atoms with E-state index in [0.29, 0.717) is 5.56 Å². The highest BCUT2D eigenvalue weighted by molar-refractivity contribution is 7.99. The third-order valence-electron chi connectivity index (χ3n) is 3.48. The Morgan fingerprint density at radius 1 is 1.17 bits per heavy atom. The van der Waals surface area contributed by atoms with Crippen LogP contribution in [0.2, 0.25) is 0 Å². The summed E-state index contributed by atoms with van der Waals surface area (Å²) in [6.45, 7) is -0.264. The molecule has 0 fully saturated rings. The molecule has 0 spiro atoms. The first kappa shape index (κ1) is 15.5. The minimum atomic E-state index is -0.543. The number of carbonyl (C=O) groups is 1. The van der Waals surface area contributed by atoms with Gasteiger partial charge < -0.3 is 9.84 Å². The van der Waals surface area contributed by atoms with Gasteiger partial charge in [0, 0.05) is 26.9 Å². The van der Waals surface area contributed by atoms with Gasteiger partial charge in [0.05, 0.1) is 13.7 Å². The number of benzene rings is 2. The lowest BCUT2D eigenvalue weighted by Gasteiger charge is -2.10. The van der Waals surface area contributed by atoms with Crippen LogP contribution in [0.1, 0.15) is 16.1 Å². The summed E-state index contributed by atoms with van der Waals surface area (Å²) >= 11 is 1.65. The quantitative estimate of drug-likeness (QED) is 0.742. The molecular weight excluding hydrogens is 310 g/mol. The van der Waals surface area contributed by atoms with Gasteiger partial charge in [-0.1, -0.05) is 36.0 Å². The molecule has 0 aliphatic carbocycles. The Balaban J connectivity index is 2.03. The van der Waals surface area contributed by atoms with Gasteiger partial charge in [0.1, 0.15) is 0 Å². The molecule has 1 aromatic heterocycles. The van der Waals surface area contributed by atoms with Crippen molar-refractivity contribution in [3.05, 3.63) is 66.0 Å². The van der Waals surface area contributed by atoms with Crippen LogP contribution in [-0.2, 0) is 11.3 Å². The summed E-state index contributed by atoms with van der Waals surface area (Å²) in [4.78, 5) is 18.1. The number of aliphatic hydroxyl groups excluding tert-OH is 1. The molecule has 0 aliphatic rings. The predicted octanol–water partition coefficient (Wildman–Crippen LogP) is 3.66. The number of pyridine rings is 1. The first-order chi connectivity index (χ1) is 11.2. The largest absolute Gasteiger partial charge is 0.464 e. The van der Waals surface area contributed by atoms with E-state index in [-0.39, 0.29) is 12.3 Å². The van der Waals surface area contributed by atoms with E-state index in [0.717, 1.165) is 20.6 Å². The number of rotatable bonds is 4. The van der Waals surface area contributed by atoms with E-state index in [2.05, 4.69) is 4.98 Å². The Morgan fingerprint density at radius 2 is 1.96 bits per heavy atom. The predicted molar refractivity (Wildman–Crippen MR) is 89.6 cm³/mol. The highest BCUT2D eigenvalue weighted by Gasteiger charge is 2.16. The van der Waals surface area contributed by atoms with Crippen molar-refractivity contribution in [2.24, 2.45) is 0 Å². The number of methoxy groups -OCH3 is 1. The molecule has 3 rings (SSSR count). The standard InChI is InChI=1S/C18H15NO3S/c1-22-18(21)17-16(11-20)15-8-7-14(9-12(15)10-19-17)23-13-5-3-2-4-6-13/h2-10,20H,11H2,1H3. The molecule has 0 amide bonds. The van der Waals surface area contributed by atoms with Crippen LogP contribution in [-0.4, -0.2) is 23.2 Å². The number of aliphatic hydroxyl groups is 1. The number of hydrogen-bond donors (Lipinski definition) is 1. The van der Waals surface area contributed by atoms with E-state index in [1.54, 1.807) is 18.0 Å². The Morgan fingerprint density at radius 3 is 2.65 bits per heavy atom. The fraction of sp³-hybridized carbons (Fsp3) is 0.111. The van der Waals surface area contributed by atoms with Gasteiger partial charge in [-0.05, 0) is 29.7 Å². The second-order valence-corrected chi connectivity index (χ2v) is 6.05. The maximum atomic E-state index is 11.7. The molecule has 0 saturated carbocycles. The average Bonchev–Trinajstić information content (AvgIpc) is 2.60. The summed E-state index contributed by atoms with van der Waals surface area (Å²) in [5.41, 5.74) is 0.650. The van der Waals surface area contributed by atoms with Crippen molar-refractivity contribution < 1.29 is 14.6 Å². The molecule has 0 saturated heterocycles. The number of carbonyl (C=O) groups excluding carboxylic acids is 1. The van der Waals surface area contributed by atoms with Gasteiger partial charge in [-0.3, -0.25) is 0 Å². The van der Waals surface area contributed by atoms with Crippen LogP contribution < -0.4 is 0 Å². The van der Waals surface area contributed by atoms with Crippen LogP contribution in [0.15, 0.2) is 64.5 Å². The summed E-state index contributed by atoms with van der Waals surface area (Å²) in [6.07, 6.45) is 1.63. The maximum Gasteiger partial charge on any atom is 0.357 e. The fourth-order valence-electron chi connectivity index (χ4n) is 2.38. The normalized spacial score (nSPS) is 10.7. The van der Waals surface area contributed by atoms with Crippen molar-refractivity contribution in [1.82, 2.24) is 4.98 Å². The number of hydrogen-bond acceptors (Lipinski definition) is 5. The zero-order valence-corrected chi connectivity index (χ0v) is 13.3. The van der Waals surface area contributed by atoms with Crippen molar-refractivity contribution in [1.29, 1.82) is 0 Å². The van der Waals surface area contributed by atoms with Crippen molar-refractivity contribution in [2.45, 2.75) is 16.4 Å². The highest BCUT2D eigenvalue weighted by atomic mass is 32.2. The number of esters is 1. The van der Waals surface area contributed by atoms with E-state index in [4.69, 9.17) is 4.74 Å². The number of aromatic nitrogens is 1. The molecule has 116 valence electrons. The fourth-order valence-corrected chi connectivity index (χ4v) is 3.27. The molecule has 4 nitrogen and oxygen atoms in total.